The maximum Gasteiger partial charge on any atom is 0.227 e. The van der Waals surface area contributed by atoms with Crippen LogP contribution in [-0.4, -0.2) is 29.9 Å². The molecule has 0 saturated carbocycles. The Morgan fingerprint density at radius 2 is 2.15 bits per heavy atom. The van der Waals surface area contributed by atoms with E-state index >= 15 is 0 Å². The molecule has 0 aromatic rings. The normalized spacial score (nSPS) is 21.3. The van der Waals surface area contributed by atoms with E-state index in [1.54, 1.807) is 0 Å². The molecule has 2 N–H and O–H groups in total. The summed E-state index contributed by atoms with van der Waals surface area (Å²) in [4.78, 5) is 13.6. The molecule has 1 aliphatic heterocycles. The van der Waals surface area contributed by atoms with Crippen LogP contribution in [0.25, 0.3) is 0 Å². The zero-order valence-corrected chi connectivity index (χ0v) is 8.36. The van der Waals surface area contributed by atoms with Gasteiger partial charge < -0.3 is 10.6 Å². The lowest BCUT2D eigenvalue weighted by Crippen LogP contribution is -2.43. The maximum absolute atomic E-state index is 11.8. The van der Waals surface area contributed by atoms with Gasteiger partial charge in [0.25, 0.3) is 0 Å². The molecular weight excluding hydrogens is 164 g/mol. The second-order valence-electron chi connectivity index (χ2n) is 3.69. The number of carbonyl (C=O) groups excluding carboxylic acids is 1. The lowest BCUT2D eigenvalue weighted by atomic mass is 10.0. The maximum atomic E-state index is 11.8. The van der Waals surface area contributed by atoms with Gasteiger partial charge in [-0.1, -0.05) is 19.1 Å². The standard InChI is InChI=1S/C10H18N2O/c1-8(9(2)11)10(13)12-6-4-3-5-7-12/h3-4,8-9H,5-7,11H2,1-2H3. The number of hydrogen-bond donors (Lipinski definition) is 1. The summed E-state index contributed by atoms with van der Waals surface area (Å²) in [5, 5.41) is 0. The zero-order chi connectivity index (χ0) is 9.84. The number of nitrogens with two attached hydrogens (primary N) is 1. The first kappa shape index (κ1) is 10.3. The highest BCUT2D eigenvalue weighted by Crippen LogP contribution is 2.09. The molecule has 0 spiro atoms. The second kappa shape index (κ2) is 4.42. The first-order chi connectivity index (χ1) is 6.13. The predicted molar refractivity (Wildman–Crippen MR) is 53.2 cm³/mol. The third-order valence-corrected chi connectivity index (χ3v) is 2.55. The average molecular weight is 182 g/mol. The molecule has 1 rings (SSSR count). The highest BCUT2D eigenvalue weighted by Gasteiger charge is 2.22. The van der Waals surface area contributed by atoms with Crippen molar-refractivity contribution < 1.29 is 4.79 Å². The molecule has 2 atom stereocenters. The van der Waals surface area contributed by atoms with Gasteiger partial charge in [-0.25, -0.2) is 0 Å². The molecule has 0 fully saturated rings. The Hall–Kier alpha value is -0.830. The molecule has 0 bridgehead atoms. The minimum Gasteiger partial charge on any atom is -0.338 e. The summed E-state index contributed by atoms with van der Waals surface area (Å²) in [6.07, 6.45) is 5.12. The van der Waals surface area contributed by atoms with Crippen LogP contribution in [0.3, 0.4) is 0 Å². The van der Waals surface area contributed by atoms with Crippen molar-refractivity contribution in [1.29, 1.82) is 0 Å². The van der Waals surface area contributed by atoms with Crippen molar-refractivity contribution in [3.8, 4) is 0 Å². The van der Waals surface area contributed by atoms with Crippen LogP contribution in [-0.2, 0) is 4.79 Å². The fourth-order valence-corrected chi connectivity index (χ4v) is 1.35. The molecule has 0 saturated heterocycles. The number of rotatable bonds is 2. The van der Waals surface area contributed by atoms with Gasteiger partial charge in [-0.2, -0.15) is 0 Å². The first-order valence-corrected chi connectivity index (χ1v) is 4.82. The summed E-state index contributed by atoms with van der Waals surface area (Å²) in [6.45, 7) is 5.36. The summed E-state index contributed by atoms with van der Waals surface area (Å²) in [7, 11) is 0. The third-order valence-electron chi connectivity index (χ3n) is 2.55. The molecule has 74 valence electrons. The van der Waals surface area contributed by atoms with Gasteiger partial charge in [-0.05, 0) is 13.3 Å². The Balaban J connectivity index is 2.51. The summed E-state index contributed by atoms with van der Waals surface area (Å²) in [5.74, 6) is 0.117. The van der Waals surface area contributed by atoms with E-state index < -0.39 is 0 Å². The minimum absolute atomic E-state index is 0.0570. The molecule has 0 aliphatic carbocycles. The Kier molecular flexibility index (Phi) is 3.48. The summed E-state index contributed by atoms with van der Waals surface area (Å²) < 4.78 is 0. The van der Waals surface area contributed by atoms with E-state index in [1.165, 1.54) is 0 Å². The molecule has 1 aliphatic rings. The van der Waals surface area contributed by atoms with Crippen LogP contribution >= 0.6 is 0 Å². The Labute approximate surface area is 79.6 Å². The van der Waals surface area contributed by atoms with Crippen molar-refractivity contribution in [2.24, 2.45) is 11.7 Å². The highest BCUT2D eigenvalue weighted by molar-refractivity contribution is 5.79. The SMILES string of the molecule is CC(N)C(C)C(=O)N1CC=CCC1. The van der Waals surface area contributed by atoms with Crippen LogP contribution in [0.1, 0.15) is 20.3 Å². The van der Waals surface area contributed by atoms with E-state index in [1.807, 2.05) is 24.8 Å². The second-order valence-corrected chi connectivity index (χ2v) is 3.69. The van der Waals surface area contributed by atoms with Crippen LogP contribution in [0.2, 0.25) is 0 Å². The van der Waals surface area contributed by atoms with E-state index in [2.05, 4.69) is 6.08 Å². The van der Waals surface area contributed by atoms with Gasteiger partial charge in [0.2, 0.25) is 5.91 Å². The monoisotopic (exact) mass is 182 g/mol. The van der Waals surface area contributed by atoms with Gasteiger partial charge in [0, 0.05) is 19.1 Å². The lowest BCUT2D eigenvalue weighted by molar-refractivity contribution is -0.135. The molecule has 3 nitrogen and oxygen atoms in total. The van der Waals surface area contributed by atoms with Crippen molar-refractivity contribution in [3.05, 3.63) is 12.2 Å². The molecule has 2 unspecified atom stereocenters. The summed E-state index contributed by atoms with van der Waals surface area (Å²) in [6, 6.07) is -0.0570. The van der Waals surface area contributed by atoms with Crippen LogP contribution in [0.15, 0.2) is 12.2 Å². The average Bonchev–Trinajstić information content (AvgIpc) is 2.17. The molecule has 3 heteroatoms. The molecule has 0 aromatic carbocycles. The van der Waals surface area contributed by atoms with E-state index in [-0.39, 0.29) is 17.9 Å². The zero-order valence-electron chi connectivity index (χ0n) is 8.36. The Morgan fingerprint density at radius 1 is 1.46 bits per heavy atom. The predicted octanol–water partition coefficient (Wildman–Crippen LogP) is 0.758. The van der Waals surface area contributed by atoms with Gasteiger partial charge in [-0.15, -0.1) is 0 Å². The number of amides is 1. The molecule has 13 heavy (non-hydrogen) atoms. The Bertz CT molecular complexity index is 211. The van der Waals surface area contributed by atoms with E-state index in [0.717, 1.165) is 19.5 Å². The van der Waals surface area contributed by atoms with E-state index in [4.69, 9.17) is 5.73 Å². The molecule has 1 amide bonds. The first-order valence-electron chi connectivity index (χ1n) is 4.82. The number of hydrogen-bond acceptors (Lipinski definition) is 2. The highest BCUT2D eigenvalue weighted by atomic mass is 16.2. The third kappa shape index (κ3) is 2.56. The molecule has 0 aromatic heterocycles. The van der Waals surface area contributed by atoms with Gasteiger partial charge >= 0.3 is 0 Å². The minimum atomic E-state index is -0.0634. The largest absolute Gasteiger partial charge is 0.338 e. The lowest BCUT2D eigenvalue weighted by Gasteiger charge is -2.27. The fourth-order valence-electron chi connectivity index (χ4n) is 1.35. The summed E-state index contributed by atoms with van der Waals surface area (Å²) >= 11 is 0. The van der Waals surface area contributed by atoms with Crippen molar-refractivity contribution in [3.63, 3.8) is 0 Å². The quantitative estimate of drug-likeness (QED) is 0.641. The van der Waals surface area contributed by atoms with Crippen LogP contribution in [0.4, 0.5) is 0 Å². The van der Waals surface area contributed by atoms with Crippen molar-refractivity contribution in [2.75, 3.05) is 13.1 Å². The smallest absolute Gasteiger partial charge is 0.227 e. The summed E-state index contributed by atoms with van der Waals surface area (Å²) in [5.41, 5.74) is 5.68. The van der Waals surface area contributed by atoms with Gasteiger partial charge in [0.15, 0.2) is 0 Å². The van der Waals surface area contributed by atoms with Gasteiger partial charge in [0.1, 0.15) is 0 Å². The van der Waals surface area contributed by atoms with Crippen LogP contribution in [0, 0.1) is 5.92 Å². The molecular formula is C10H18N2O. The van der Waals surface area contributed by atoms with E-state index in [0.29, 0.717) is 0 Å². The van der Waals surface area contributed by atoms with Crippen LogP contribution in [0.5, 0.6) is 0 Å². The Morgan fingerprint density at radius 3 is 2.62 bits per heavy atom. The van der Waals surface area contributed by atoms with Crippen molar-refractivity contribution in [2.45, 2.75) is 26.3 Å². The fraction of sp³-hybridized carbons (Fsp3) is 0.700. The molecule has 1 heterocycles. The van der Waals surface area contributed by atoms with Gasteiger partial charge in [0.05, 0.1) is 5.92 Å². The number of carbonyl (C=O) groups is 1. The van der Waals surface area contributed by atoms with E-state index in [9.17, 15) is 4.79 Å². The van der Waals surface area contributed by atoms with Gasteiger partial charge in [-0.3, -0.25) is 4.79 Å². The molecule has 0 radical (unpaired) electrons. The van der Waals surface area contributed by atoms with Crippen molar-refractivity contribution >= 4 is 5.91 Å². The number of nitrogens with zero attached hydrogens (tertiary/aromatic N) is 1. The van der Waals surface area contributed by atoms with Crippen LogP contribution < -0.4 is 5.73 Å². The topological polar surface area (TPSA) is 46.3 Å². The van der Waals surface area contributed by atoms with Crippen molar-refractivity contribution in [1.82, 2.24) is 4.90 Å².